The van der Waals surface area contributed by atoms with Gasteiger partial charge in [0, 0.05) is 25.5 Å². The van der Waals surface area contributed by atoms with Crippen molar-refractivity contribution in [2.75, 3.05) is 24.3 Å². The molecule has 0 aliphatic rings. The number of carbonyl (C=O) groups is 1. The summed E-state index contributed by atoms with van der Waals surface area (Å²) in [5.41, 5.74) is 1.72. The first-order valence-electron chi connectivity index (χ1n) is 7.55. The predicted molar refractivity (Wildman–Crippen MR) is 90.1 cm³/mol. The number of carbonyl (C=O) groups excluding carboxylic acids is 1. The van der Waals surface area contributed by atoms with Crippen molar-refractivity contribution < 1.29 is 22.7 Å². The van der Waals surface area contributed by atoms with Crippen LogP contribution in [0.3, 0.4) is 0 Å². The molecule has 0 fully saturated rings. The number of nitrogens with one attached hydrogen (secondary N) is 2. The van der Waals surface area contributed by atoms with E-state index < -0.39 is 12.4 Å². The fourth-order valence-electron chi connectivity index (χ4n) is 1.99. The maximum atomic E-state index is 12.1. The number of hydrogen-bond donors (Lipinski definition) is 2. The van der Waals surface area contributed by atoms with Crippen molar-refractivity contribution in [2.45, 2.75) is 19.8 Å². The summed E-state index contributed by atoms with van der Waals surface area (Å²) >= 11 is 0. The van der Waals surface area contributed by atoms with E-state index in [0.29, 0.717) is 17.3 Å². The molecule has 0 aliphatic carbocycles. The highest BCUT2D eigenvalue weighted by Crippen LogP contribution is 2.23. The molecule has 0 bridgehead atoms. The Hall–Kier alpha value is -3.04. The van der Waals surface area contributed by atoms with Crippen LogP contribution in [0.4, 0.5) is 29.6 Å². The molecule has 26 heavy (non-hydrogen) atoms. The van der Waals surface area contributed by atoms with Crippen molar-refractivity contribution >= 4 is 17.7 Å². The first kappa shape index (κ1) is 19.3. The summed E-state index contributed by atoms with van der Waals surface area (Å²) in [6.45, 7) is 1.99. The van der Waals surface area contributed by atoms with E-state index in [-0.39, 0.29) is 12.3 Å². The number of hydrogen-bond acceptors (Lipinski definition) is 5. The van der Waals surface area contributed by atoms with Crippen LogP contribution >= 0.6 is 0 Å². The number of ether oxygens (including phenoxy) is 1. The Labute approximate surface area is 148 Å². The molecular formula is C16H18F3N5O2. The Balaban J connectivity index is 1.91. The van der Waals surface area contributed by atoms with E-state index in [2.05, 4.69) is 25.3 Å². The Morgan fingerprint density at radius 2 is 1.85 bits per heavy atom. The highest BCUT2D eigenvalue weighted by Gasteiger charge is 2.30. The maximum absolute atomic E-state index is 12.1. The van der Waals surface area contributed by atoms with Crippen LogP contribution in [0.1, 0.15) is 11.4 Å². The van der Waals surface area contributed by atoms with Gasteiger partial charge < -0.3 is 20.3 Å². The molecule has 7 nitrogen and oxygen atoms in total. The van der Waals surface area contributed by atoms with Gasteiger partial charge in [0.05, 0.1) is 12.2 Å². The number of amides is 2. The van der Waals surface area contributed by atoms with Gasteiger partial charge in [-0.3, -0.25) is 0 Å². The molecule has 0 radical (unpaired) electrons. The van der Waals surface area contributed by atoms with Gasteiger partial charge in [0.2, 0.25) is 5.95 Å². The third-order valence-electron chi connectivity index (χ3n) is 3.07. The smallest absolute Gasteiger partial charge is 0.406 e. The maximum Gasteiger partial charge on any atom is 0.573 e. The minimum Gasteiger partial charge on any atom is -0.406 e. The third kappa shape index (κ3) is 6.11. The Kier molecular flexibility index (Phi) is 5.86. The van der Waals surface area contributed by atoms with E-state index in [1.807, 2.05) is 21.0 Å². The monoisotopic (exact) mass is 369 g/mol. The predicted octanol–water partition coefficient (Wildman–Crippen LogP) is 3.07. The average Bonchev–Trinajstić information content (AvgIpc) is 2.53. The summed E-state index contributed by atoms with van der Waals surface area (Å²) in [7, 11) is 3.62. The molecule has 1 heterocycles. The molecule has 2 aromatic rings. The summed E-state index contributed by atoms with van der Waals surface area (Å²) < 4.78 is 40.1. The molecule has 0 aliphatic heterocycles. The van der Waals surface area contributed by atoms with E-state index in [0.717, 1.165) is 17.8 Å². The van der Waals surface area contributed by atoms with Crippen molar-refractivity contribution in [1.82, 2.24) is 15.3 Å². The van der Waals surface area contributed by atoms with Crippen LogP contribution in [0.25, 0.3) is 0 Å². The lowest BCUT2D eigenvalue weighted by Gasteiger charge is -2.13. The minimum atomic E-state index is -4.76. The van der Waals surface area contributed by atoms with Gasteiger partial charge in [0.1, 0.15) is 5.75 Å². The zero-order valence-electron chi connectivity index (χ0n) is 14.4. The number of rotatable bonds is 5. The lowest BCUT2D eigenvalue weighted by molar-refractivity contribution is -0.274. The van der Waals surface area contributed by atoms with Crippen molar-refractivity contribution in [1.29, 1.82) is 0 Å². The van der Waals surface area contributed by atoms with Gasteiger partial charge in [-0.15, -0.1) is 13.2 Å². The van der Waals surface area contributed by atoms with Gasteiger partial charge in [-0.25, -0.2) is 14.8 Å². The molecule has 2 amide bonds. The molecule has 0 saturated heterocycles. The first-order valence-corrected chi connectivity index (χ1v) is 7.55. The molecule has 140 valence electrons. The van der Waals surface area contributed by atoms with Crippen LogP contribution in [0.2, 0.25) is 0 Å². The molecule has 0 atom stereocenters. The summed E-state index contributed by atoms with van der Waals surface area (Å²) in [5, 5.41) is 5.14. The Bertz CT molecular complexity index is 763. The van der Waals surface area contributed by atoms with Crippen molar-refractivity contribution in [2.24, 2.45) is 0 Å². The number of nitrogens with zero attached hydrogens (tertiary/aromatic N) is 3. The fraction of sp³-hybridized carbons (Fsp3) is 0.312. The normalized spacial score (nSPS) is 11.0. The standard InChI is InChI=1S/C16H18F3N5O2/c1-10-8-12(22-14(21-10)24(2)3)9-20-15(25)23-11-4-6-13(7-5-11)26-16(17,18)19/h4-8H,9H2,1-3H3,(H2,20,23,25). The lowest BCUT2D eigenvalue weighted by Crippen LogP contribution is -2.29. The highest BCUT2D eigenvalue weighted by atomic mass is 19.4. The third-order valence-corrected chi connectivity index (χ3v) is 3.07. The van der Waals surface area contributed by atoms with Gasteiger partial charge in [-0.1, -0.05) is 0 Å². The first-order chi connectivity index (χ1) is 12.1. The van der Waals surface area contributed by atoms with Crippen molar-refractivity contribution in [3.63, 3.8) is 0 Å². The molecule has 1 aromatic heterocycles. The van der Waals surface area contributed by atoms with E-state index in [1.54, 1.807) is 11.0 Å². The highest BCUT2D eigenvalue weighted by molar-refractivity contribution is 5.89. The number of aromatic nitrogens is 2. The zero-order chi connectivity index (χ0) is 19.3. The van der Waals surface area contributed by atoms with Crippen molar-refractivity contribution in [3.05, 3.63) is 41.7 Å². The van der Waals surface area contributed by atoms with Gasteiger partial charge in [-0.05, 0) is 37.3 Å². The number of halogens is 3. The molecule has 0 saturated carbocycles. The summed E-state index contributed by atoms with van der Waals surface area (Å²) in [5.74, 6) is 0.165. The average molecular weight is 369 g/mol. The zero-order valence-corrected chi connectivity index (χ0v) is 14.4. The van der Waals surface area contributed by atoms with Gasteiger partial charge >= 0.3 is 12.4 Å². The largest absolute Gasteiger partial charge is 0.573 e. The van der Waals surface area contributed by atoms with E-state index >= 15 is 0 Å². The summed E-state index contributed by atoms with van der Waals surface area (Å²) in [4.78, 5) is 22.2. The molecule has 0 unspecified atom stereocenters. The Morgan fingerprint density at radius 1 is 1.19 bits per heavy atom. The quantitative estimate of drug-likeness (QED) is 0.847. The lowest BCUT2D eigenvalue weighted by atomic mass is 10.3. The topological polar surface area (TPSA) is 79.4 Å². The number of aryl methyl sites for hydroxylation is 1. The van der Waals surface area contributed by atoms with E-state index in [1.165, 1.54) is 12.1 Å². The van der Waals surface area contributed by atoms with Crippen LogP contribution in [-0.2, 0) is 6.54 Å². The second kappa shape index (κ2) is 7.89. The molecule has 2 N–H and O–H groups in total. The fourth-order valence-corrected chi connectivity index (χ4v) is 1.99. The molecular weight excluding hydrogens is 351 g/mol. The van der Waals surface area contributed by atoms with E-state index in [9.17, 15) is 18.0 Å². The second-order valence-electron chi connectivity index (χ2n) is 5.57. The van der Waals surface area contributed by atoms with Gasteiger partial charge in [0.15, 0.2) is 0 Å². The molecule has 10 heteroatoms. The second-order valence-corrected chi connectivity index (χ2v) is 5.57. The molecule has 2 rings (SSSR count). The number of alkyl halides is 3. The van der Waals surface area contributed by atoms with Crippen molar-refractivity contribution in [3.8, 4) is 5.75 Å². The van der Waals surface area contributed by atoms with Gasteiger partial charge in [0.25, 0.3) is 0 Å². The van der Waals surface area contributed by atoms with Crippen LogP contribution in [0, 0.1) is 6.92 Å². The van der Waals surface area contributed by atoms with Crippen LogP contribution < -0.4 is 20.3 Å². The van der Waals surface area contributed by atoms with Crippen LogP contribution in [0.15, 0.2) is 30.3 Å². The number of benzene rings is 1. The minimum absolute atomic E-state index is 0.172. The van der Waals surface area contributed by atoms with E-state index in [4.69, 9.17) is 0 Å². The number of anilines is 2. The van der Waals surface area contributed by atoms with Crippen LogP contribution in [-0.4, -0.2) is 36.5 Å². The summed E-state index contributed by atoms with van der Waals surface area (Å²) in [6.07, 6.45) is -4.76. The summed E-state index contributed by atoms with van der Waals surface area (Å²) in [6, 6.07) is 6.06. The molecule has 1 aromatic carbocycles. The SMILES string of the molecule is Cc1cc(CNC(=O)Nc2ccc(OC(F)(F)F)cc2)nc(N(C)C)n1. The molecule has 0 spiro atoms. The van der Waals surface area contributed by atoms with Gasteiger partial charge in [-0.2, -0.15) is 0 Å². The number of urea groups is 1. The Morgan fingerprint density at radius 3 is 2.42 bits per heavy atom. The van der Waals surface area contributed by atoms with Crippen LogP contribution in [0.5, 0.6) is 5.75 Å².